The number of rotatable bonds is 1. The van der Waals surface area contributed by atoms with E-state index in [-0.39, 0.29) is 17.3 Å². The molecule has 7 heteroatoms. The SMILES string of the molecule is C=C1NC(=O)C(n2c3ccccc3c3cccnc32)C[Si]1(O)O. The Kier molecular flexibility index (Phi) is 2.92. The summed E-state index contributed by atoms with van der Waals surface area (Å²) in [4.78, 5) is 37.3. The van der Waals surface area contributed by atoms with Gasteiger partial charge in [-0.25, -0.2) is 4.98 Å². The van der Waals surface area contributed by atoms with Gasteiger partial charge in [0.2, 0.25) is 5.91 Å². The zero-order chi connectivity index (χ0) is 16.2. The maximum atomic E-state index is 12.5. The first-order chi connectivity index (χ1) is 11.0. The van der Waals surface area contributed by atoms with Crippen LogP contribution in [0.3, 0.4) is 0 Å². The van der Waals surface area contributed by atoms with Crippen LogP contribution in [0.1, 0.15) is 6.04 Å². The van der Waals surface area contributed by atoms with E-state index >= 15 is 0 Å². The topological polar surface area (TPSA) is 87.4 Å². The predicted octanol–water partition coefficient (Wildman–Crippen LogP) is 1.34. The fourth-order valence-electron chi connectivity index (χ4n) is 3.17. The molecule has 6 nitrogen and oxygen atoms in total. The third-order valence-electron chi connectivity index (χ3n) is 4.32. The van der Waals surface area contributed by atoms with Crippen LogP contribution < -0.4 is 5.32 Å². The number of nitrogens with one attached hydrogen (secondary N) is 1. The molecule has 0 saturated carbocycles. The monoisotopic (exact) mass is 325 g/mol. The van der Waals surface area contributed by atoms with Crippen LogP contribution in [-0.2, 0) is 4.79 Å². The summed E-state index contributed by atoms with van der Waals surface area (Å²) in [5.41, 5.74) is 1.50. The molecular weight excluding hydrogens is 310 g/mol. The van der Waals surface area contributed by atoms with Crippen LogP contribution in [0.25, 0.3) is 21.9 Å². The van der Waals surface area contributed by atoms with Crippen LogP contribution in [0.2, 0.25) is 6.04 Å². The van der Waals surface area contributed by atoms with Crippen molar-refractivity contribution in [3.63, 3.8) is 0 Å². The molecule has 1 fully saturated rings. The van der Waals surface area contributed by atoms with E-state index < -0.39 is 14.6 Å². The van der Waals surface area contributed by atoms with E-state index in [0.717, 1.165) is 16.3 Å². The van der Waals surface area contributed by atoms with E-state index in [2.05, 4.69) is 16.9 Å². The summed E-state index contributed by atoms with van der Waals surface area (Å²) in [5, 5.41) is 4.47. The average molecular weight is 325 g/mol. The molecule has 1 amide bonds. The number of fused-ring (bicyclic) bond motifs is 3. The molecule has 1 aromatic carbocycles. The molecule has 116 valence electrons. The van der Waals surface area contributed by atoms with E-state index in [1.807, 2.05) is 36.4 Å². The van der Waals surface area contributed by atoms with Gasteiger partial charge in [-0.2, -0.15) is 0 Å². The summed E-state index contributed by atoms with van der Waals surface area (Å²) in [6.07, 6.45) is 1.67. The van der Waals surface area contributed by atoms with Crippen molar-refractivity contribution in [1.29, 1.82) is 0 Å². The Labute approximate surface area is 132 Å². The summed E-state index contributed by atoms with van der Waals surface area (Å²) in [6.45, 7) is 3.56. The zero-order valence-corrected chi connectivity index (χ0v) is 13.2. The van der Waals surface area contributed by atoms with E-state index in [0.29, 0.717) is 5.65 Å². The van der Waals surface area contributed by atoms with Crippen LogP contribution >= 0.6 is 0 Å². The molecular formula is C16H15N3O3Si. The summed E-state index contributed by atoms with van der Waals surface area (Å²) in [7, 11) is -3.70. The lowest BCUT2D eigenvalue weighted by Gasteiger charge is -2.32. The van der Waals surface area contributed by atoms with Gasteiger partial charge in [-0.05, 0) is 18.2 Å². The second-order valence-corrected chi connectivity index (χ2v) is 8.41. The molecule has 23 heavy (non-hydrogen) atoms. The van der Waals surface area contributed by atoms with Gasteiger partial charge < -0.3 is 19.5 Å². The molecule has 1 atom stereocenters. The normalized spacial score (nSPS) is 20.9. The minimum atomic E-state index is -3.70. The van der Waals surface area contributed by atoms with Gasteiger partial charge in [0.25, 0.3) is 0 Å². The van der Waals surface area contributed by atoms with Crippen molar-refractivity contribution < 1.29 is 14.4 Å². The van der Waals surface area contributed by atoms with Gasteiger partial charge in [0.15, 0.2) is 0 Å². The number of amides is 1. The number of hydrogen-bond donors (Lipinski definition) is 3. The zero-order valence-electron chi connectivity index (χ0n) is 12.2. The van der Waals surface area contributed by atoms with E-state index in [1.165, 1.54) is 0 Å². The van der Waals surface area contributed by atoms with Crippen molar-refractivity contribution in [2.24, 2.45) is 0 Å². The molecule has 4 rings (SSSR count). The fraction of sp³-hybridized carbons (Fsp3) is 0.125. The van der Waals surface area contributed by atoms with Gasteiger partial charge in [0, 0.05) is 23.0 Å². The lowest BCUT2D eigenvalue weighted by Crippen LogP contribution is -2.54. The molecule has 1 aliphatic heterocycles. The van der Waals surface area contributed by atoms with E-state index in [9.17, 15) is 14.4 Å². The van der Waals surface area contributed by atoms with Gasteiger partial charge in [-0.3, -0.25) is 4.79 Å². The van der Waals surface area contributed by atoms with Gasteiger partial charge in [0.1, 0.15) is 11.7 Å². The number of nitrogens with zero attached hydrogens (tertiary/aromatic N) is 2. The molecule has 0 bridgehead atoms. The largest absolute Gasteiger partial charge is 0.407 e. The lowest BCUT2D eigenvalue weighted by molar-refractivity contribution is -0.123. The number of hydrogen-bond acceptors (Lipinski definition) is 4. The highest BCUT2D eigenvalue weighted by atomic mass is 28.4. The molecule has 1 unspecified atom stereocenters. The molecule has 1 saturated heterocycles. The minimum absolute atomic E-state index is 0.0347. The smallest absolute Gasteiger partial charge is 0.385 e. The number of aromatic nitrogens is 2. The number of carbonyl (C=O) groups excluding carboxylic acids is 1. The lowest BCUT2D eigenvalue weighted by atomic mass is 10.2. The molecule has 0 radical (unpaired) electrons. The molecule has 3 N–H and O–H groups in total. The van der Waals surface area contributed by atoms with Crippen molar-refractivity contribution in [3.8, 4) is 0 Å². The summed E-state index contributed by atoms with van der Waals surface area (Å²) < 4.78 is 1.79. The van der Waals surface area contributed by atoms with Gasteiger partial charge in [-0.15, -0.1) is 0 Å². The van der Waals surface area contributed by atoms with Gasteiger partial charge >= 0.3 is 8.56 Å². The van der Waals surface area contributed by atoms with Crippen molar-refractivity contribution in [1.82, 2.24) is 14.9 Å². The summed E-state index contributed by atoms with van der Waals surface area (Å²) in [6, 6.07) is 10.7. The molecule has 0 aliphatic carbocycles. The van der Waals surface area contributed by atoms with E-state index in [4.69, 9.17) is 0 Å². The first-order valence-corrected chi connectivity index (χ1v) is 9.38. The predicted molar refractivity (Wildman–Crippen MR) is 88.6 cm³/mol. The van der Waals surface area contributed by atoms with Crippen LogP contribution in [0.4, 0.5) is 0 Å². The maximum absolute atomic E-state index is 12.5. The van der Waals surface area contributed by atoms with Gasteiger partial charge in [-0.1, -0.05) is 24.8 Å². The van der Waals surface area contributed by atoms with E-state index in [1.54, 1.807) is 10.8 Å². The number of benzene rings is 1. The number of pyridine rings is 1. The molecule has 1 aliphatic rings. The average Bonchev–Trinajstić information content (AvgIpc) is 2.86. The standard InChI is InChI=1S/C16H15N3O3Si/c1-10-18-16(20)14(9-23(10,21)22)19-13-7-3-2-5-11(13)12-6-4-8-17-15(12)19/h2-8,14,21-22H,1,9H2,(H,18,20). The quantitative estimate of drug-likeness (QED) is 0.589. The maximum Gasteiger partial charge on any atom is 0.385 e. The molecule has 2 aromatic heterocycles. The molecule has 3 heterocycles. The van der Waals surface area contributed by atoms with Crippen LogP contribution in [0.5, 0.6) is 0 Å². The Morgan fingerprint density at radius 3 is 2.78 bits per heavy atom. The highest BCUT2D eigenvalue weighted by molar-refractivity contribution is 6.73. The summed E-state index contributed by atoms with van der Waals surface area (Å²) in [5.74, 6) is -0.297. The second kappa shape index (κ2) is 4.75. The Morgan fingerprint density at radius 1 is 1.22 bits per heavy atom. The number of carbonyl (C=O) groups is 1. The first kappa shape index (κ1) is 14.1. The van der Waals surface area contributed by atoms with Crippen molar-refractivity contribution >= 4 is 36.4 Å². The first-order valence-electron chi connectivity index (χ1n) is 7.28. The van der Waals surface area contributed by atoms with Gasteiger partial charge in [0.05, 0.1) is 10.8 Å². The summed E-state index contributed by atoms with van der Waals surface area (Å²) >= 11 is 0. The Balaban J connectivity index is 2.00. The number of para-hydroxylation sites is 1. The third kappa shape index (κ3) is 2.01. The fourth-order valence-corrected chi connectivity index (χ4v) is 4.64. The minimum Gasteiger partial charge on any atom is -0.407 e. The highest BCUT2D eigenvalue weighted by Gasteiger charge is 2.46. The van der Waals surface area contributed by atoms with Crippen LogP contribution in [-0.4, -0.2) is 33.6 Å². The second-order valence-electron chi connectivity index (χ2n) is 5.77. The van der Waals surface area contributed by atoms with Crippen LogP contribution in [0.15, 0.2) is 54.5 Å². The molecule has 3 aromatic rings. The van der Waals surface area contributed by atoms with Crippen molar-refractivity contribution in [3.05, 3.63) is 54.5 Å². The Hall–Kier alpha value is -2.48. The third-order valence-corrected chi connectivity index (χ3v) is 6.37. The Morgan fingerprint density at radius 2 is 1.96 bits per heavy atom. The van der Waals surface area contributed by atoms with Crippen molar-refractivity contribution in [2.75, 3.05) is 0 Å². The van der Waals surface area contributed by atoms with Crippen LogP contribution in [0, 0.1) is 0 Å². The Bertz CT molecular complexity index is 910. The van der Waals surface area contributed by atoms with Crippen molar-refractivity contribution in [2.45, 2.75) is 12.1 Å². The highest BCUT2D eigenvalue weighted by Crippen LogP contribution is 2.35. The molecule has 0 spiro atoms.